The highest BCUT2D eigenvalue weighted by molar-refractivity contribution is 7.10. The minimum atomic E-state index is -2.74. The minimum Gasteiger partial charge on any atom is -0.545 e. The van der Waals surface area contributed by atoms with Gasteiger partial charge in [0.25, 0.3) is 6.43 Å². The number of hydrogen-bond donors (Lipinski definition) is 0. The van der Waals surface area contributed by atoms with E-state index in [0.29, 0.717) is 12.8 Å². The molecule has 4 atom stereocenters. The maximum absolute atomic E-state index is 16.0. The predicted octanol–water partition coefficient (Wildman–Crippen LogP) is 6.39. The van der Waals surface area contributed by atoms with Crippen LogP contribution in [0.3, 0.4) is 0 Å². The van der Waals surface area contributed by atoms with E-state index in [-0.39, 0.29) is 28.0 Å². The fourth-order valence-electron chi connectivity index (χ4n) is 4.78. The zero-order chi connectivity index (χ0) is 22.6. The van der Waals surface area contributed by atoms with Crippen LogP contribution in [0.5, 0.6) is 0 Å². The summed E-state index contributed by atoms with van der Waals surface area (Å²) in [6.07, 6.45) is -1.66. The number of carboxylic acids is 1. The summed E-state index contributed by atoms with van der Waals surface area (Å²) < 4.78 is 57.9. The Morgan fingerprint density at radius 2 is 1.97 bits per heavy atom. The van der Waals surface area contributed by atoms with Crippen LogP contribution < -0.4 is 5.11 Å². The van der Waals surface area contributed by atoms with Gasteiger partial charge in [-0.3, -0.25) is 0 Å². The van der Waals surface area contributed by atoms with Crippen LogP contribution in [0.25, 0.3) is 0 Å². The predicted molar refractivity (Wildman–Crippen MR) is 112 cm³/mol. The maximum Gasteiger partial charge on any atom is 0.264 e. The summed E-state index contributed by atoms with van der Waals surface area (Å²) in [5.74, 6) is -1.96. The number of carbonyl (C=O) groups excluding carboxylic acids is 1. The van der Waals surface area contributed by atoms with E-state index >= 15 is 8.78 Å². The molecule has 1 aliphatic rings. The van der Waals surface area contributed by atoms with Crippen LogP contribution in [0.4, 0.5) is 17.6 Å². The van der Waals surface area contributed by atoms with Gasteiger partial charge < -0.3 is 9.90 Å². The summed E-state index contributed by atoms with van der Waals surface area (Å²) in [5.41, 5.74) is -2.04. The summed E-state index contributed by atoms with van der Waals surface area (Å²) in [6.45, 7) is 2.08. The van der Waals surface area contributed by atoms with E-state index in [0.717, 1.165) is 37.0 Å². The molecule has 0 N–H and O–H groups in total. The first kappa shape index (κ1) is 23.8. The average Bonchev–Trinajstić information content (AvgIpc) is 3.25. The number of thiophene rings is 1. The quantitative estimate of drug-likeness (QED) is 0.325. The number of unbranched alkanes of at least 4 members (excludes halogenated alkanes) is 3. The van der Waals surface area contributed by atoms with Crippen molar-refractivity contribution in [2.75, 3.05) is 0 Å². The molecule has 3 rings (SSSR count). The van der Waals surface area contributed by atoms with Crippen LogP contribution in [0.2, 0.25) is 0 Å². The van der Waals surface area contributed by atoms with Crippen molar-refractivity contribution in [2.45, 2.75) is 76.1 Å². The lowest BCUT2D eigenvalue weighted by Crippen LogP contribution is -2.51. The summed E-state index contributed by atoms with van der Waals surface area (Å²) in [5, 5.41) is 13.0. The lowest BCUT2D eigenvalue weighted by Gasteiger charge is -2.45. The largest absolute Gasteiger partial charge is 0.545 e. The van der Waals surface area contributed by atoms with Gasteiger partial charge in [-0.15, -0.1) is 11.3 Å². The first-order chi connectivity index (χ1) is 14.8. The molecule has 4 unspecified atom stereocenters. The molecule has 2 nitrogen and oxygen atoms in total. The molecular weight excluding hydrogens is 428 g/mol. The maximum atomic E-state index is 16.0. The molecule has 170 valence electrons. The standard InChI is InChI=1S/C24H28F4O2S/c1-2-3-4-5-8-15-11-12-24(21(26)20(15)25,19-13-16(14-31-19)22(27)28)18-10-7-6-9-17(18)23(29)30/h6-7,9-10,13-15,20-22H,2-5,8,11-12H2,1H3,(H,29,30)/p-1. The first-order valence-corrected chi connectivity index (χ1v) is 11.7. The van der Waals surface area contributed by atoms with Crippen LogP contribution in [-0.2, 0) is 5.41 Å². The summed E-state index contributed by atoms with van der Waals surface area (Å²) in [4.78, 5) is 12.0. The Bertz CT molecular complexity index is 884. The number of aromatic carboxylic acids is 1. The molecule has 1 saturated carbocycles. The highest BCUT2D eigenvalue weighted by Gasteiger charge is 2.54. The summed E-state index contributed by atoms with van der Waals surface area (Å²) in [7, 11) is 0. The Labute approximate surface area is 184 Å². The molecule has 0 saturated heterocycles. The zero-order valence-electron chi connectivity index (χ0n) is 17.5. The van der Waals surface area contributed by atoms with Gasteiger partial charge in [0, 0.05) is 16.0 Å². The lowest BCUT2D eigenvalue weighted by atomic mass is 9.62. The Hall–Kier alpha value is -1.89. The number of benzene rings is 1. The van der Waals surface area contributed by atoms with Crippen molar-refractivity contribution in [1.82, 2.24) is 0 Å². The third-order valence-corrected chi connectivity index (χ3v) is 7.60. The lowest BCUT2D eigenvalue weighted by molar-refractivity contribution is -0.255. The van der Waals surface area contributed by atoms with Gasteiger partial charge in [-0.05, 0) is 42.2 Å². The van der Waals surface area contributed by atoms with Gasteiger partial charge in [0.2, 0.25) is 0 Å². The Morgan fingerprint density at radius 3 is 2.61 bits per heavy atom. The van der Waals surface area contributed by atoms with E-state index in [9.17, 15) is 18.7 Å². The van der Waals surface area contributed by atoms with E-state index in [1.807, 2.05) is 0 Å². The van der Waals surface area contributed by atoms with Crippen LogP contribution in [-0.4, -0.2) is 18.3 Å². The second kappa shape index (κ2) is 10.2. The normalized spacial score (nSPS) is 26.3. The van der Waals surface area contributed by atoms with Crippen LogP contribution in [0.1, 0.15) is 84.7 Å². The number of hydrogen-bond acceptors (Lipinski definition) is 3. The van der Waals surface area contributed by atoms with Crippen molar-refractivity contribution in [2.24, 2.45) is 5.92 Å². The molecule has 1 aliphatic carbocycles. The zero-order valence-corrected chi connectivity index (χ0v) is 18.3. The number of halogens is 4. The molecule has 7 heteroatoms. The van der Waals surface area contributed by atoms with Crippen molar-refractivity contribution >= 4 is 17.3 Å². The smallest absolute Gasteiger partial charge is 0.264 e. The highest BCUT2D eigenvalue weighted by Crippen LogP contribution is 2.53. The molecule has 0 bridgehead atoms. The van der Waals surface area contributed by atoms with Gasteiger partial charge in [-0.2, -0.15) is 0 Å². The third-order valence-electron chi connectivity index (χ3n) is 6.48. The number of alkyl halides is 4. The Morgan fingerprint density at radius 1 is 1.23 bits per heavy atom. The fraction of sp³-hybridized carbons (Fsp3) is 0.542. The number of carboxylic acid groups (broad SMARTS) is 1. The average molecular weight is 456 g/mol. The molecule has 1 aromatic carbocycles. The molecular formula is C24H27F4O2S-. The van der Waals surface area contributed by atoms with Gasteiger partial charge >= 0.3 is 0 Å². The molecule has 31 heavy (non-hydrogen) atoms. The van der Waals surface area contributed by atoms with Crippen molar-refractivity contribution in [3.63, 3.8) is 0 Å². The molecule has 1 heterocycles. The van der Waals surface area contributed by atoms with Gasteiger partial charge in [0.1, 0.15) is 12.3 Å². The number of rotatable bonds is 9. The van der Waals surface area contributed by atoms with Crippen molar-refractivity contribution < 1.29 is 27.5 Å². The second-order valence-electron chi connectivity index (χ2n) is 8.34. The van der Waals surface area contributed by atoms with Crippen LogP contribution in [0.15, 0.2) is 35.7 Å². The van der Waals surface area contributed by atoms with Crippen molar-refractivity contribution in [1.29, 1.82) is 0 Å². The monoisotopic (exact) mass is 455 g/mol. The third kappa shape index (κ3) is 4.66. The fourth-order valence-corrected chi connectivity index (χ4v) is 5.96. The van der Waals surface area contributed by atoms with Gasteiger partial charge in [-0.1, -0.05) is 56.9 Å². The Kier molecular flexibility index (Phi) is 7.78. The molecule has 0 amide bonds. The minimum absolute atomic E-state index is 0.0947. The van der Waals surface area contributed by atoms with E-state index in [1.54, 1.807) is 6.07 Å². The van der Waals surface area contributed by atoms with Gasteiger partial charge in [0.15, 0.2) is 0 Å². The first-order valence-electron chi connectivity index (χ1n) is 10.8. The van der Waals surface area contributed by atoms with E-state index in [4.69, 9.17) is 0 Å². The van der Waals surface area contributed by atoms with Crippen LogP contribution >= 0.6 is 11.3 Å². The van der Waals surface area contributed by atoms with Gasteiger partial charge in [-0.25, -0.2) is 17.6 Å². The van der Waals surface area contributed by atoms with Crippen LogP contribution in [0, 0.1) is 5.92 Å². The summed E-state index contributed by atoms with van der Waals surface area (Å²) in [6, 6.07) is 6.99. The molecule has 0 radical (unpaired) electrons. The van der Waals surface area contributed by atoms with E-state index in [2.05, 4.69) is 6.92 Å². The molecule has 1 fully saturated rings. The molecule has 1 aromatic heterocycles. The highest BCUT2D eigenvalue weighted by atomic mass is 32.1. The number of carbonyl (C=O) groups is 1. The second-order valence-corrected chi connectivity index (χ2v) is 9.25. The SMILES string of the molecule is CCCCCCC1CCC(c2cc(C(F)F)cs2)(c2ccccc2C(=O)[O-])C(F)C1F. The Balaban J connectivity index is 2.03. The molecule has 2 aromatic rings. The topological polar surface area (TPSA) is 40.1 Å². The van der Waals surface area contributed by atoms with Crippen molar-refractivity contribution in [3.8, 4) is 0 Å². The molecule has 0 aliphatic heterocycles. The van der Waals surface area contributed by atoms with Crippen molar-refractivity contribution in [3.05, 3.63) is 57.3 Å². The van der Waals surface area contributed by atoms with Gasteiger partial charge in [0.05, 0.1) is 11.4 Å². The van der Waals surface area contributed by atoms with E-state index < -0.39 is 36.1 Å². The van der Waals surface area contributed by atoms with E-state index in [1.165, 1.54) is 29.6 Å². The molecule has 0 spiro atoms. The summed E-state index contributed by atoms with van der Waals surface area (Å²) >= 11 is 0.930.